The predicted octanol–water partition coefficient (Wildman–Crippen LogP) is 11.9. The maximum atomic E-state index is 6.86. The lowest BCUT2D eigenvalue weighted by Gasteiger charge is -2.37. The van der Waals surface area contributed by atoms with E-state index in [1.807, 2.05) is 24.3 Å². The average molecular weight is 739 g/mol. The lowest BCUT2D eigenvalue weighted by atomic mass is 9.89. The fourth-order valence-electron chi connectivity index (χ4n) is 9.70. The number of aliphatic imine (C=N–C) groups is 1. The molecule has 0 saturated heterocycles. The van der Waals surface area contributed by atoms with Gasteiger partial charge in [-0.3, -0.25) is 5.32 Å². The van der Waals surface area contributed by atoms with Crippen LogP contribution < -0.4 is 15.5 Å². The Labute approximate surface area is 330 Å². The number of benzene rings is 6. The molecule has 0 fully saturated rings. The molecule has 6 nitrogen and oxygen atoms in total. The summed E-state index contributed by atoms with van der Waals surface area (Å²) in [7, 11) is 0. The van der Waals surface area contributed by atoms with E-state index in [9.17, 15) is 0 Å². The van der Waals surface area contributed by atoms with Crippen LogP contribution in [0.25, 0.3) is 50.1 Å². The van der Waals surface area contributed by atoms with Gasteiger partial charge in [0.1, 0.15) is 40.7 Å². The average Bonchev–Trinajstić information content (AvgIpc) is 3.96. The topological polar surface area (TPSA) is 65.9 Å². The summed E-state index contributed by atoms with van der Waals surface area (Å²) in [6.07, 6.45) is 14.0. The van der Waals surface area contributed by atoms with Crippen LogP contribution in [0.4, 0.5) is 5.69 Å². The fourth-order valence-corrected chi connectivity index (χ4v) is 9.70. The minimum absolute atomic E-state index is 0.154. The van der Waals surface area contributed by atoms with Gasteiger partial charge in [-0.2, -0.15) is 0 Å². The number of furan rings is 2. The van der Waals surface area contributed by atoms with Crippen LogP contribution in [-0.4, -0.2) is 11.9 Å². The smallest absolute Gasteiger partial charge is 0.142 e. The van der Waals surface area contributed by atoms with E-state index in [4.69, 9.17) is 13.8 Å². The minimum atomic E-state index is -0.242. The van der Waals surface area contributed by atoms with Crippen molar-refractivity contribution in [1.82, 2.24) is 10.6 Å². The minimum Gasteiger partial charge on any atom is -0.456 e. The van der Waals surface area contributed by atoms with Gasteiger partial charge in [0.2, 0.25) is 0 Å². The van der Waals surface area contributed by atoms with Crippen LogP contribution in [0.1, 0.15) is 64.3 Å². The fraction of sp³-hybridized carbons (Fsp3) is 0.118. The first-order valence-corrected chi connectivity index (χ1v) is 19.9. The Bertz CT molecular complexity index is 2990. The molecule has 6 heteroatoms. The molecule has 0 radical (unpaired) electrons. The molecule has 5 atom stereocenters. The molecule has 0 spiro atoms. The normalized spacial score (nSPS) is 22.1. The molecule has 2 aliphatic heterocycles. The third-order valence-electron chi connectivity index (χ3n) is 12.3. The van der Waals surface area contributed by atoms with Crippen molar-refractivity contribution in [3.05, 3.63) is 203 Å². The first kappa shape index (κ1) is 32.4. The molecule has 0 saturated carbocycles. The van der Waals surface area contributed by atoms with E-state index in [2.05, 4.69) is 167 Å². The molecule has 8 aromatic rings. The summed E-state index contributed by atoms with van der Waals surface area (Å²) >= 11 is 0. The Morgan fingerprint density at radius 3 is 2.35 bits per heavy atom. The Hall–Kier alpha value is -6.89. The molecular formula is C51H38N4O2. The highest BCUT2D eigenvalue weighted by molar-refractivity contribution is 6.08. The molecule has 2 aliphatic carbocycles. The molecule has 57 heavy (non-hydrogen) atoms. The van der Waals surface area contributed by atoms with Crippen molar-refractivity contribution >= 4 is 50.5 Å². The second-order valence-corrected chi connectivity index (χ2v) is 15.4. The van der Waals surface area contributed by atoms with Crippen LogP contribution in [0, 0.1) is 0 Å². The quantitative estimate of drug-likeness (QED) is 0.184. The third-order valence-corrected chi connectivity index (χ3v) is 12.3. The van der Waals surface area contributed by atoms with Crippen LogP contribution in [0.15, 0.2) is 184 Å². The number of hydrogen-bond acceptors (Lipinski definition) is 6. The number of para-hydroxylation sites is 3. The lowest BCUT2D eigenvalue weighted by molar-refractivity contribution is 0.408. The van der Waals surface area contributed by atoms with Crippen LogP contribution in [0.5, 0.6) is 0 Å². The predicted molar refractivity (Wildman–Crippen MR) is 230 cm³/mol. The maximum Gasteiger partial charge on any atom is 0.142 e. The number of amidine groups is 1. The summed E-state index contributed by atoms with van der Waals surface area (Å²) in [6.45, 7) is 0. The van der Waals surface area contributed by atoms with Gasteiger partial charge >= 0.3 is 0 Å². The number of anilines is 1. The van der Waals surface area contributed by atoms with Crippen molar-refractivity contribution in [2.75, 3.05) is 4.90 Å². The van der Waals surface area contributed by atoms with Crippen LogP contribution in [0.3, 0.4) is 0 Å². The van der Waals surface area contributed by atoms with Gasteiger partial charge in [0.05, 0.1) is 12.1 Å². The number of rotatable bonds is 5. The summed E-state index contributed by atoms with van der Waals surface area (Å²) in [5, 5.41) is 10.8. The highest BCUT2D eigenvalue weighted by Crippen LogP contribution is 2.52. The van der Waals surface area contributed by atoms with Gasteiger partial charge in [0.25, 0.3) is 0 Å². The van der Waals surface area contributed by atoms with Crippen molar-refractivity contribution in [3.63, 3.8) is 0 Å². The molecule has 4 aliphatic rings. The Morgan fingerprint density at radius 1 is 0.649 bits per heavy atom. The Balaban J connectivity index is 0.937. The van der Waals surface area contributed by atoms with Crippen molar-refractivity contribution in [2.24, 2.45) is 4.99 Å². The zero-order valence-electron chi connectivity index (χ0n) is 31.0. The molecule has 2 N–H and O–H groups in total. The largest absolute Gasteiger partial charge is 0.456 e. The van der Waals surface area contributed by atoms with Gasteiger partial charge in [0, 0.05) is 50.0 Å². The molecule has 4 heterocycles. The van der Waals surface area contributed by atoms with E-state index >= 15 is 0 Å². The Kier molecular flexibility index (Phi) is 7.29. The summed E-state index contributed by atoms with van der Waals surface area (Å²) < 4.78 is 13.7. The molecular weight excluding hydrogens is 701 g/mol. The van der Waals surface area contributed by atoms with Crippen molar-refractivity contribution < 1.29 is 8.83 Å². The Morgan fingerprint density at radius 2 is 1.44 bits per heavy atom. The number of allylic oxidation sites excluding steroid dienone is 2. The number of fused-ring (bicyclic) bond motifs is 9. The molecule has 0 bridgehead atoms. The van der Waals surface area contributed by atoms with Crippen LogP contribution in [-0.2, 0) is 0 Å². The summed E-state index contributed by atoms with van der Waals surface area (Å²) in [5.41, 5.74) is 11.9. The second-order valence-electron chi connectivity index (χ2n) is 15.4. The monoisotopic (exact) mass is 738 g/mol. The molecule has 2 aromatic heterocycles. The highest BCUT2D eigenvalue weighted by atomic mass is 16.3. The van der Waals surface area contributed by atoms with E-state index in [0.717, 1.165) is 73.4 Å². The SMILES string of the molecule is C1=CC2c3ccccc3N(C3CC=Cc4oc5c(-c6ccc7c(c6)oc6c(C8NC(c9ccccc9)=NC(c9ccccc9)N8)cccc67)cccc5c43)C2C=C1. The summed E-state index contributed by atoms with van der Waals surface area (Å²) in [5.74, 6) is 2.13. The van der Waals surface area contributed by atoms with Gasteiger partial charge in [-0.1, -0.05) is 152 Å². The van der Waals surface area contributed by atoms with Gasteiger partial charge < -0.3 is 19.1 Å². The van der Waals surface area contributed by atoms with Crippen LogP contribution in [0.2, 0.25) is 0 Å². The molecule has 0 amide bonds. The van der Waals surface area contributed by atoms with Gasteiger partial charge in [-0.15, -0.1) is 0 Å². The molecule has 6 aromatic carbocycles. The van der Waals surface area contributed by atoms with E-state index in [0.29, 0.717) is 5.92 Å². The van der Waals surface area contributed by atoms with E-state index in [1.54, 1.807) is 0 Å². The number of hydrogen-bond donors (Lipinski definition) is 2. The van der Waals surface area contributed by atoms with Gasteiger partial charge in [-0.25, -0.2) is 4.99 Å². The second kappa shape index (κ2) is 12.8. The zero-order chi connectivity index (χ0) is 37.5. The van der Waals surface area contributed by atoms with Gasteiger partial charge in [-0.05, 0) is 47.4 Å². The van der Waals surface area contributed by atoms with Crippen molar-refractivity contribution in [1.29, 1.82) is 0 Å². The molecule has 5 unspecified atom stereocenters. The van der Waals surface area contributed by atoms with Gasteiger partial charge in [0.15, 0.2) is 0 Å². The highest BCUT2D eigenvalue weighted by Gasteiger charge is 2.42. The van der Waals surface area contributed by atoms with E-state index in [-0.39, 0.29) is 24.4 Å². The van der Waals surface area contributed by atoms with Crippen molar-refractivity contribution in [2.45, 2.75) is 36.8 Å². The van der Waals surface area contributed by atoms with Crippen molar-refractivity contribution in [3.8, 4) is 11.1 Å². The molecule has 12 rings (SSSR count). The molecule has 274 valence electrons. The first-order valence-electron chi connectivity index (χ1n) is 19.9. The summed E-state index contributed by atoms with van der Waals surface area (Å²) in [4.78, 5) is 7.75. The first-order chi connectivity index (χ1) is 28.3. The zero-order valence-corrected chi connectivity index (χ0v) is 31.0. The van der Waals surface area contributed by atoms with E-state index < -0.39 is 0 Å². The summed E-state index contributed by atoms with van der Waals surface area (Å²) in [6, 6.07) is 49.6. The lowest BCUT2D eigenvalue weighted by Crippen LogP contribution is -2.45. The maximum absolute atomic E-state index is 6.86. The van der Waals surface area contributed by atoms with Crippen LogP contribution >= 0.6 is 0 Å². The van der Waals surface area contributed by atoms with E-state index in [1.165, 1.54) is 22.2 Å². The standard InChI is InChI=1S/C51H38N4O2/c1-3-14-31(15-4-1)49-52-50(32-16-5-2-6-17-32)54-51(53-49)40-23-12-21-38-37-29-28-33(30-45(37)57-48(38)40)34-20-11-22-39-46-43(26-13-27-44(46)56-47(34)39)55-41-24-9-7-18-35(41)36-19-8-10-25-42(36)55/h1-25,27-30,35,41,43,49,51,53H,26H2,(H,52,54). The third kappa shape index (κ3) is 5.11. The number of nitrogens with one attached hydrogen (secondary N) is 2. The number of nitrogens with zero attached hydrogens (tertiary/aromatic N) is 2.